The lowest BCUT2D eigenvalue weighted by atomic mass is 10.0. The zero-order valence-electron chi connectivity index (χ0n) is 20.8. The Kier molecular flexibility index (Phi) is 19.1. The van der Waals surface area contributed by atoms with Crippen molar-refractivity contribution in [1.29, 1.82) is 0 Å². The molecule has 0 heterocycles. The van der Waals surface area contributed by atoms with Gasteiger partial charge in [0.1, 0.15) is 0 Å². The van der Waals surface area contributed by atoms with Crippen LogP contribution in [0.25, 0.3) is 0 Å². The number of anilines is 1. The SMILES string of the molecule is CC.CCCCCCCCCCCCCCCCCC(=O)NS(=O)(=O)c1ccc(N)cc1. The van der Waals surface area contributed by atoms with Crippen LogP contribution in [0.15, 0.2) is 29.2 Å². The molecule has 0 radical (unpaired) electrons. The summed E-state index contributed by atoms with van der Waals surface area (Å²) >= 11 is 0. The van der Waals surface area contributed by atoms with Crippen molar-refractivity contribution in [1.82, 2.24) is 4.72 Å². The van der Waals surface area contributed by atoms with E-state index in [2.05, 4.69) is 11.6 Å². The summed E-state index contributed by atoms with van der Waals surface area (Å²) in [6, 6.07) is 5.82. The molecule has 5 nitrogen and oxygen atoms in total. The van der Waals surface area contributed by atoms with Crippen molar-refractivity contribution >= 4 is 21.6 Å². The molecule has 32 heavy (non-hydrogen) atoms. The Morgan fingerprint density at radius 3 is 1.50 bits per heavy atom. The number of hydrogen-bond donors (Lipinski definition) is 2. The average Bonchev–Trinajstić information content (AvgIpc) is 2.78. The average molecular weight is 469 g/mol. The van der Waals surface area contributed by atoms with Crippen molar-refractivity contribution in [3.63, 3.8) is 0 Å². The lowest BCUT2D eigenvalue weighted by Gasteiger charge is -2.07. The topological polar surface area (TPSA) is 89.3 Å². The van der Waals surface area contributed by atoms with Crippen molar-refractivity contribution < 1.29 is 13.2 Å². The molecule has 1 rings (SSSR count). The summed E-state index contributed by atoms with van der Waals surface area (Å²) in [7, 11) is -3.80. The second-order valence-electron chi connectivity index (χ2n) is 8.30. The Bertz CT molecular complexity index is 673. The first-order valence-electron chi connectivity index (χ1n) is 12.9. The van der Waals surface area contributed by atoms with Crippen molar-refractivity contribution in [2.24, 2.45) is 0 Å². The smallest absolute Gasteiger partial charge is 0.264 e. The molecule has 0 aliphatic rings. The van der Waals surface area contributed by atoms with E-state index >= 15 is 0 Å². The summed E-state index contributed by atoms with van der Waals surface area (Å²) in [5.74, 6) is -0.443. The molecule has 0 spiro atoms. The van der Waals surface area contributed by atoms with E-state index in [1.54, 1.807) is 0 Å². The lowest BCUT2D eigenvalue weighted by Crippen LogP contribution is -2.30. The van der Waals surface area contributed by atoms with E-state index in [1.807, 2.05) is 13.8 Å². The van der Waals surface area contributed by atoms with Crippen LogP contribution in [0.4, 0.5) is 5.69 Å². The number of sulfonamides is 1. The number of carbonyl (C=O) groups excluding carboxylic acids is 1. The number of rotatable bonds is 18. The van der Waals surface area contributed by atoms with Gasteiger partial charge in [-0.25, -0.2) is 13.1 Å². The molecule has 1 aromatic rings. The number of nitrogens with two attached hydrogens (primary N) is 1. The van der Waals surface area contributed by atoms with E-state index in [-0.39, 0.29) is 11.3 Å². The maximum atomic E-state index is 12.1. The minimum absolute atomic E-state index is 0.0570. The molecular formula is C26H48N2O3S. The first-order chi connectivity index (χ1) is 15.5. The van der Waals surface area contributed by atoms with Gasteiger partial charge in [-0.3, -0.25) is 4.79 Å². The molecule has 0 atom stereocenters. The Morgan fingerprint density at radius 2 is 1.09 bits per heavy atom. The molecule has 0 aromatic heterocycles. The molecule has 0 unspecified atom stereocenters. The lowest BCUT2D eigenvalue weighted by molar-refractivity contribution is -0.119. The van der Waals surface area contributed by atoms with Crippen molar-refractivity contribution in [3.8, 4) is 0 Å². The zero-order valence-corrected chi connectivity index (χ0v) is 21.6. The van der Waals surface area contributed by atoms with Crippen LogP contribution in [0.5, 0.6) is 0 Å². The molecule has 3 N–H and O–H groups in total. The summed E-state index contributed by atoms with van der Waals surface area (Å²) in [5, 5.41) is 0. The van der Waals surface area contributed by atoms with Gasteiger partial charge in [0.25, 0.3) is 10.0 Å². The number of carbonyl (C=O) groups is 1. The molecule has 1 amide bonds. The number of amides is 1. The fraction of sp³-hybridized carbons (Fsp3) is 0.731. The van der Waals surface area contributed by atoms with E-state index in [0.29, 0.717) is 5.69 Å². The Labute approximate surface area is 198 Å². The van der Waals surface area contributed by atoms with Crippen molar-refractivity contribution in [2.75, 3.05) is 5.73 Å². The van der Waals surface area contributed by atoms with Crippen LogP contribution >= 0.6 is 0 Å². The quantitative estimate of drug-likeness (QED) is 0.174. The number of benzene rings is 1. The highest BCUT2D eigenvalue weighted by atomic mass is 32.2. The number of unbranched alkanes of at least 4 members (excludes halogenated alkanes) is 14. The molecule has 6 heteroatoms. The summed E-state index contributed by atoms with van der Waals surface area (Å²) in [5.41, 5.74) is 6.04. The van der Waals surface area contributed by atoms with E-state index in [0.717, 1.165) is 19.3 Å². The zero-order chi connectivity index (χ0) is 24.1. The van der Waals surface area contributed by atoms with E-state index in [4.69, 9.17) is 5.73 Å². The van der Waals surface area contributed by atoms with Gasteiger partial charge in [0.2, 0.25) is 5.91 Å². The normalized spacial score (nSPS) is 11.0. The maximum absolute atomic E-state index is 12.1. The second kappa shape index (κ2) is 20.1. The number of hydrogen-bond acceptors (Lipinski definition) is 4. The van der Waals surface area contributed by atoms with Gasteiger partial charge in [0, 0.05) is 12.1 Å². The minimum atomic E-state index is -3.80. The van der Waals surface area contributed by atoms with Gasteiger partial charge in [-0.1, -0.05) is 111 Å². The molecule has 0 fully saturated rings. The molecule has 186 valence electrons. The highest BCUT2D eigenvalue weighted by molar-refractivity contribution is 7.90. The Morgan fingerprint density at radius 1 is 0.719 bits per heavy atom. The number of nitrogens with one attached hydrogen (secondary N) is 1. The van der Waals surface area contributed by atoms with E-state index in [9.17, 15) is 13.2 Å². The van der Waals surface area contributed by atoms with Crippen LogP contribution in [0.3, 0.4) is 0 Å². The molecule has 0 aliphatic carbocycles. The van der Waals surface area contributed by atoms with Crippen LogP contribution in [0.1, 0.15) is 124 Å². The fourth-order valence-corrected chi connectivity index (χ4v) is 4.58. The molecule has 0 saturated heterocycles. The summed E-state index contributed by atoms with van der Waals surface area (Å²) in [6.07, 6.45) is 19.2. The highest BCUT2D eigenvalue weighted by Gasteiger charge is 2.16. The fourth-order valence-electron chi connectivity index (χ4n) is 3.56. The molecule has 1 aromatic carbocycles. The van der Waals surface area contributed by atoms with Crippen LogP contribution < -0.4 is 10.5 Å². The van der Waals surface area contributed by atoms with Crippen LogP contribution in [0.2, 0.25) is 0 Å². The third kappa shape index (κ3) is 16.1. The Hall–Kier alpha value is -1.56. The van der Waals surface area contributed by atoms with Gasteiger partial charge in [-0.15, -0.1) is 0 Å². The summed E-state index contributed by atoms with van der Waals surface area (Å²) in [4.78, 5) is 12.0. The van der Waals surface area contributed by atoms with Crippen molar-refractivity contribution in [2.45, 2.75) is 128 Å². The second-order valence-corrected chi connectivity index (χ2v) is 9.98. The van der Waals surface area contributed by atoms with Crippen LogP contribution in [0, 0.1) is 0 Å². The largest absolute Gasteiger partial charge is 0.399 e. The third-order valence-corrected chi connectivity index (χ3v) is 6.84. The first kappa shape index (κ1) is 30.4. The van der Waals surface area contributed by atoms with Gasteiger partial charge in [-0.05, 0) is 30.7 Å². The predicted molar refractivity (Wildman–Crippen MR) is 137 cm³/mol. The maximum Gasteiger partial charge on any atom is 0.264 e. The van der Waals surface area contributed by atoms with Gasteiger partial charge >= 0.3 is 0 Å². The summed E-state index contributed by atoms with van der Waals surface area (Å²) < 4.78 is 26.4. The first-order valence-corrected chi connectivity index (χ1v) is 14.3. The minimum Gasteiger partial charge on any atom is -0.399 e. The van der Waals surface area contributed by atoms with Gasteiger partial charge in [0.15, 0.2) is 0 Å². The highest BCUT2D eigenvalue weighted by Crippen LogP contribution is 2.14. The molecule has 0 saturated carbocycles. The van der Waals surface area contributed by atoms with Gasteiger partial charge in [0.05, 0.1) is 4.90 Å². The predicted octanol–water partition coefficient (Wildman–Crippen LogP) is 7.36. The molecular weight excluding hydrogens is 420 g/mol. The van der Waals surface area contributed by atoms with Crippen LogP contribution in [-0.2, 0) is 14.8 Å². The van der Waals surface area contributed by atoms with E-state index in [1.165, 1.54) is 101 Å². The van der Waals surface area contributed by atoms with Gasteiger partial charge < -0.3 is 5.73 Å². The van der Waals surface area contributed by atoms with Gasteiger partial charge in [-0.2, -0.15) is 0 Å². The standard InChI is InChI=1S/C24H42N2O3S.C2H6/c1-2-3-4-5-6-7-8-9-10-11-12-13-14-15-16-17-24(27)26-30(28,29)23-20-18-22(25)19-21-23;1-2/h18-21H,2-17,25H2,1H3,(H,26,27);1-2H3. The van der Waals surface area contributed by atoms with Crippen LogP contribution in [-0.4, -0.2) is 14.3 Å². The Balaban J connectivity index is 0.00000466. The molecule has 0 bridgehead atoms. The summed E-state index contributed by atoms with van der Waals surface area (Å²) in [6.45, 7) is 6.26. The van der Waals surface area contributed by atoms with E-state index < -0.39 is 15.9 Å². The number of nitrogen functional groups attached to an aromatic ring is 1. The van der Waals surface area contributed by atoms with Crippen molar-refractivity contribution in [3.05, 3.63) is 24.3 Å². The molecule has 0 aliphatic heterocycles. The monoisotopic (exact) mass is 468 g/mol. The third-order valence-electron chi connectivity index (χ3n) is 5.45.